The molecule has 6 rings (SSSR count). The number of nitrogens with zero attached hydrogens (tertiary/aromatic N) is 2. The summed E-state index contributed by atoms with van der Waals surface area (Å²) in [5.74, 6) is 1.34. The Balaban J connectivity index is 0.00000433. The Bertz CT molecular complexity index is 1810. The number of carboxylic acids is 1. The van der Waals surface area contributed by atoms with Crippen LogP contribution in [0.15, 0.2) is 72.8 Å². The summed E-state index contributed by atoms with van der Waals surface area (Å²) in [5.41, 5.74) is 6.05. The van der Waals surface area contributed by atoms with Crippen LogP contribution in [0.1, 0.15) is 34.2 Å². The van der Waals surface area contributed by atoms with Crippen LogP contribution in [-0.4, -0.2) is 53.0 Å². The summed E-state index contributed by atoms with van der Waals surface area (Å²) >= 11 is 6.75. The molecule has 4 aromatic rings. The molecule has 1 fully saturated rings. The number of fused-ring (bicyclic) bond motifs is 1. The number of carboxylic acid groups (broad SMARTS) is 1. The lowest BCUT2D eigenvalue weighted by Gasteiger charge is -2.23. The summed E-state index contributed by atoms with van der Waals surface area (Å²) in [6.45, 7) is 3.93. The number of rotatable bonds is 10. The van der Waals surface area contributed by atoms with Gasteiger partial charge in [-0.05, 0) is 65.1 Å². The van der Waals surface area contributed by atoms with E-state index in [9.17, 15) is 20.3 Å². The van der Waals surface area contributed by atoms with Gasteiger partial charge in [0.15, 0.2) is 11.5 Å². The lowest BCUT2D eigenvalue weighted by Crippen LogP contribution is -2.35. The predicted octanol–water partition coefficient (Wildman–Crippen LogP) is 6.56. The minimum absolute atomic E-state index is 0. The van der Waals surface area contributed by atoms with Crippen LogP contribution in [0.5, 0.6) is 23.0 Å². The van der Waals surface area contributed by atoms with Gasteiger partial charge in [0.05, 0.1) is 22.8 Å². The Kier molecular flexibility index (Phi) is 10.8. The van der Waals surface area contributed by atoms with Gasteiger partial charge >= 0.3 is 5.97 Å². The van der Waals surface area contributed by atoms with E-state index < -0.39 is 18.1 Å². The first-order valence-electron chi connectivity index (χ1n) is 15.0. The minimum atomic E-state index is -0.993. The van der Waals surface area contributed by atoms with Gasteiger partial charge in [0.1, 0.15) is 44.0 Å². The maximum atomic E-state index is 11.9. The van der Waals surface area contributed by atoms with Gasteiger partial charge in [-0.1, -0.05) is 48.0 Å². The van der Waals surface area contributed by atoms with Crippen LogP contribution in [0.3, 0.4) is 0 Å². The maximum Gasteiger partial charge on any atom is 0.321 e. The van der Waals surface area contributed by atoms with Crippen LogP contribution >= 0.6 is 24.0 Å². The van der Waals surface area contributed by atoms with Crippen LogP contribution < -0.4 is 18.9 Å². The maximum absolute atomic E-state index is 11.9. The van der Waals surface area contributed by atoms with Crippen molar-refractivity contribution in [3.05, 3.63) is 106 Å². The van der Waals surface area contributed by atoms with E-state index in [1.165, 1.54) is 0 Å². The number of hydrogen-bond donors (Lipinski definition) is 2. The molecule has 0 saturated carbocycles. The zero-order chi connectivity index (χ0) is 32.2. The molecule has 11 heteroatoms. The molecule has 0 aliphatic carbocycles. The van der Waals surface area contributed by atoms with E-state index in [4.69, 9.17) is 30.5 Å². The molecule has 2 unspecified atom stereocenters. The summed E-state index contributed by atoms with van der Waals surface area (Å²) in [6, 6.07) is 23.8. The second kappa shape index (κ2) is 15.0. The van der Waals surface area contributed by atoms with Gasteiger partial charge in [0.25, 0.3) is 0 Å². The van der Waals surface area contributed by atoms with Crippen molar-refractivity contribution < 1.29 is 34.0 Å². The van der Waals surface area contributed by atoms with Gasteiger partial charge in [-0.15, -0.1) is 12.4 Å². The molecule has 0 spiro atoms. The summed E-state index contributed by atoms with van der Waals surface area (Å²) in [7, 11) is 0. The number of aliphatic hydroxyl groups excluding tert-OH is 1. The Hall–Kier alpha value is -4.46. The van der Waals surface area contributed by atoms with Crippen molar-refractivity contribution >= 4 is 30.0 Å². The number of hydrogen-bond acceptors (Lipinski definition) is 8. The first-order valence-corrected chi connectivity index (χ1v) is 15.4. The van der Waals surface area contributed by atoms with Crippen molar-refractivity contribution in [2.75, 3.05) is 19.8 Å². The van der Waals surface area contributed by atoms with Gasteiger partial charge in [-0.2, -0.15) is 5.26 Å². The first kappa shape index (κ1) is 33.9. The SMILES string of the molecule is Cc1c(COc2cc(OCc3cccc(C#N)c3)c(CN3CC(O)CC3C(=O)O)cc2Cl)cccc1-c1ccc2c(c1)OCCO2.Cl. The molecule has 0 radical (unpaired) electrons. The monoisotopic (exact) mass is 676 g/mol. The second-order valence-electron chi connectivity index (χ2n) is 11.4. The van der Waals surface area contributed by atoms with E-state index in [0.29, 0.717) is 40.9 Å². The van der Waals surface area contributed by atoms with Crippen LogP contribution in [-0.2, 0) is 24.6 Å². The standard InChI is InChI=1S/C36H33ClN2O7.ClH/c1-22-26(6-3-7-29(22)25-8-9-32-35(14-25)44-11-10-43-32)21-46-34-16-33(45-20-24-5-2-4-23(12-24)17-38)27(13-30(34)37)18-39-19-28(40)15-31(39)36(41)42;/h2-9,12-14,16,28,31,40H,10-11,15,18-21H2,1H3,(H,41,42);1H. The third kappa shape index (κ3) is 7.75. The van der Waals surface area contributed by atoms with Crippen molar-refractivity contribution in [1.29, 1.82) is 5.26 Å². The molecule has 2 aliphatic rings. The number of benzene rings is 4. The molecular weight excluding hydrogens is 643 g/mol. The summed E-state index contributed by atoms with van der Waals surface area (Å²) < 4.78 is 24.0. The Labute approximate surface area is 284 Å². The van der Waals surface area contributed by atoms with Crippen molar-refractivity contribution in [1.82, 2.24) is 4.90 Å². The molecule has 244 valence electrons. The van der Waals surface area contributed by atoms with E-state index in [1.807, 2.05) is 43.3 Å². The molecular formula is C36H34Cl2N2O7. The lowest BCUT2D eigenvalue weighted by atomic mass is 9.96. The Morgan fingerprint density at radius 3 is 2.53 bits per heavy atom. The molecule has 9 nitrogen and oxygen atoms in total. The molecule has 4 aromatic carbocycles. The first-order chi connectivity index (χ1) is 22.3. The molecule has 0 bridgehead atoms. The van der Waals surface area contributed by atoms with E-state index >= 15 is 0 Å². The van der Waals surface area contributed by atoms with E-state index in [1.54, 1.807) is 35.2 Å². The van der Waals surface area contributed by atoms with Crippen molar-refractivity contribution in [2.24, 2.45) is 0 Å². The largest absolute Gasteiger partial charge is 0.488 e. The molecule has 2 heterocycles. The fourth-order valence-corrected chi connectivity index (χ4v) is 6.13. The number of nitriles is 1. The van der Waals surface area contributed by atoms with Crippen LogP contribution in [0, 0.1) is 18.3 Å². The van der Waals surface area contributed by atoms with Gasteiger partial charge in [0.2, 0.25) is 0 Å². The summed E-state index contributed by atoms with van der Waals surface area (Å²) in [5, 5.41) is 29.6. The topological polar surface area (TPSA) is 121 Å². The van der Waals surface area contributed by atoms with Crippen LogP contribution in [0.25, 0.3) is 11.1 Å². The van der Waals surface area contributed by atoms with Gasteiger partial charge in [-0.25, -0.2) is 0 Å². The summed E-state index contributed by atoms with van der Waals surface area (Å²) in [6.07, 6.45) is -0.593. The number of β-amino-alcohol motifs (C(OH)–C–C–N with tert-alkyl or cyclic N) is 1. The average molecular weight is 678 g/mol. The van der Waals surface area contributed by atoms with E-state index in [2.05, 4.69) is 12.1 Å². The minimum Gasteiger partial charge on any atom is -0.488 e. The zero-order valence-corrected chi connectivity index (χ0v) is 27.2. The fourth-order valence-electron chi connectivity index (χ4n) is 5.88. The van der Waals surface area contributed by atoms with Crippen molar-refractivity contribution in [3.63, 3.8) is 0 Å². The Morgan fingerprint density at radius 2 is 1.74 bits per heavy atom. The smallest absolute Gasteiger partial charge is 0.321 e. The molecule has 2 atom stereocenters. The highest BCUT2D eigenvalue weighted by molar-refractivity contribution is 6.32. The lowest BCUT2D eigenvalue weighted by molar-refractivity contribution is -0.142. The third-order valence-electron chi connectivity index (χ3n) is 8.29. The Morgan fingerprint density at radius 1 is 0.979 bits per heavy atom. The van der Waals surface area contributed by atoms with Gasteiger partial charge in [-0.3, -0.25) is 9.69 Å². The van der Waals surface area contributed by atoms with Crippen molar-refractivity contribution in [2.45, 2.75) is 45.2 Å². The normalized spacial score (nSPS) is 17.0. The van der Waals surface area contributed by atoms with Crippen LogP contribution in [0.2, 0.25) is 5.02 Å². The predicted molar refractivity (Wildman–Crippen MR) is 179 cm³/mol. The number of carbonyl (C=O) groups is 1. The molecule has 2 aliphatic heterocycles. The number of aliphatic hydroxyl groups is 1. The van der Waals surface area contributed by atoms with Gasteiger partial charge in [0, 0.05) is 31.1 Å². The number of aliphatic carboxylic acids is 1. The quantitative estimate of drug-likeness (QED) is 0.192. The number of halogens is 2. The third-order valence-corrected chi connectivity index (χ3v) is 8.58. The highest BCUT2D eigenvalue weighted by atomic mass is 35.5. The number of ether oxygens (including phenoxy) is 4. The van der Waals surface area contributed by atoms with Crippen LogP contribution in [0.4, 0.5) is 0 Å². The van der Waals surface area contributed by atoms with E-state index in [-0.39, 0.29) is 45.1 Å². The highest BCUT2D eigenvalue weighted by Gasteiger charge is 2.36. The zero-order valence-electron chi connectivity index (χ0n) is 25.6. The molecule has 0 aromatic heterocycles. The molecule has 47 heavy (non-hydrogen) atoms. The van der Waals surface area contributed by atoms with Crippen molar-refractivity contribution in [3.8, 4) is 40.2 Å². The summed E-state index contributed by atoms with van der Waals surface area (Å²) in [4.78, 5) is 13.6. The molecule has 0 amide bonds. The molecule has 1 saturated heterocycles. The molecule has 2 N–H and O–H groups in total. The highest BCUT2D eigenvalue weighted by Crippen LogP contribution is 2.38. The fraction of sp³-hybridized carbons (Fsp3) is 0.278. The average Bonchev–Trinajstić information content (AvgIpc) is 3.44. The van der Waals surface area contributed by atoms with Gasteiger partial charge < -0.3 is 29.2 Å². The van der Waals surface area contributed by atoms with E-state index in [0.717, 1.165) is 39.3 Å². The second-order valence-corrected chi connectivity index (χ2v) is 11.8. The number of likely N-dealkylation sites (tertiary alicyclic amines) is 1.